The number of Topliss-reactive ketones (excluding diaryl/α,β-unsaturated/α-hetero) is 1. The molecule has 0 amide bonds. The maximum absolute atomic E-state index is 12.7. The Morgan fingerprint density at radius 3 is 1.96 bits per heavy atom. The quantitative estimate of drug-likeness (QED) is 0.585. The monoisotopic (exact) mass is 329 g/mol. The topological polar surface area (TPSA) is 29.1 Å². The minimum absolute atomic E-state index is 0.0577. The minimum Gasteiger partial charge on any atom is -0.378 e. The van der Waals surface area contributed by atoms with Crippen LogP contribution in [0.4, 0.5) is 5.69 Å². The summed E-state index contributed by atoms with van der Waals surface area (Å²) in [6, 6.07) is 26.1. The molecular formula is C23H23NO. The fraction of sp³-hybridized carbons (Fsp3) is 0.174. The molecule has 3 aromatic carbocycles. The van der Waals surface area contributed by atoms with Crippen molar-refractivity contribution < 1.29 is 4.79 Å². The summed E-state index contributed by atoms with van der Waals surface area (Å²) in [6.45, 7) is 4.10. The van der Waals surface area contributed by atoms with Gasteiger partial charge in [-0.25, -0.2) is 0 Å². The lowest BCUT2D eigenvalue weighted by atomic mass is 9.97. The third-order valence-electron chi connectivity index (χ3n) is 4.36. The van der Waals surface area contributed by atoms with Gasteiger partial charge in [-0.1, -0.05) is 77.9 Å². The summed E-state index contributed by atoms with van der Waals surface area (Å²) in [5.41, 5.74) is 5.28. The lowest BCUT2D eigenvalue weighted by molar-refractivity contribution is 0.0976. The molecule has 3 aromatic rings. The SMILES string of the molecule is Cc1ccc(N[C@@H](CC(=O)c2ccc(C)cc2)c2ccccc2)cc1. The number of carbonyl (C=O) groups is 1. The highest BCUT2D eigenvalue weighted by Gasteiger charge is 2.17. The Balaban J connectivity index is 1.82. The molecule has 0 aliphatic carbocycles. The number of ketones is 1. The number of hydrogen-bond acceptors (Lipinski definition) is 2. The zero-order valence-corrected chi connectivity index (χ0v) is 14.7. The third kappa shape index (κ3) is 4.57. The molecule has 1 N–H and O–H groups in total. The van der Waals surface area contributed by atoms with Crippen molar-refractivity contribution in [3.63, 3.8) is 0 Å². The summed E-state index contributed by atoms with van der Waals surface area (Å²) in [5, 5.41) is 3.51. The van der Waals surface area contributed by atoms with Gasteiger partial charge in [-0.05, 0) is 31.5 Å². The van der Waals surface area contributed by atoms with Crippen molar-refractivity contribution in [1.29, 1.82) is 0 Å². The molecule has 0 saturated heterocycles. The number of nitrogens with one attached hydrogen (secondary N) is 1. The van der Waals surface area contributed by atoms with Gasteiger partial charge >= 0.3 is 0 Å². The Labute approximate surface area is 149 Å². The zero-order chi connectivity index (χ0) is 17.6. The van der Waals surface area contributed by atoms with E-state index in [1.165, 1.54) is 5.56 Å². The Hall–Kier alpha value is -2.87. The van der Waals surface area contributed by atoms with Crippen LogP contribution in [0.25, 0.3) is 0 Å². The van der Waals surface area contributed by atoms with E-state index in [-0.39, 0.29) is 11.8 Å². The number of rotatable bonds is 6. The van der Waals surface area contributed by atoms with E-state index >= 15 is 0 Å². The molecule has 126 valence electrons. The van der Waals surface area contributed by atoms with Crippen molar-refractivity contribution in [3.05, 3.63) is 101 Å². The molecule has 0 spiro atoms. The van der Waals surface area contributed by atoms with Gasteiger partial charge in [0.05, 0.1) is 6.04 Å². The van der Waals surface area contributed by atoms with E-state index in [1.54, 1.807) is 0 Å². The second-order valence-corrected chi connectivity index (χ2v) is 6.47. The predicted molar refractivity (Wildman–Crippen MR) is 104 cm³/mol. The second-order valence-electron chi connectivity index (χ2n) is 6.47. The number of carbonyl (C=O) groups excluding carboxylic acids is 1. The molecule has 0 bridgehead atoms. The van der Waals surface area contributed by atoms with Crippen molar-refractivity contribution in [2.75, 3.05) is 5.32 Å². The Kier molecular flexibility index (Phi) is 5.30. The highest BCUT2D eigenvalue weighted by Crippen LogP contribution is 2.25. The van der Waals surface area contributed by atoms with E-state index in [9.17, 15) is 4.79 Å². The van der Waals surface area contributed by atoms with Gasteiger partial charge in [-0.15, -0.1) is 0 Å². The highest BCUT2D eigenvalue weighted by atomic mass is 16.1. The maximum atomic E-state index is 12.7. The van der Waals surface area contributed by atoms with Crippen LogP contribution in [0.1, 0.15) is 39.5 Å². The highest BCUT2D eigenvalue weighted by molar-refractivity contribution is 5.96. The molecular weight excluding hydrogens is 306 g/mol. The normalized spacial score (nSPS) is 11.8. The lowest BCUT2D eigenvalue weighted by Crippen LogP contribution is -2.15. The fourth-order valence-corrected chi connectivity index (χ4v) is 2.83. The summed E-state index contributed by atoms with van der Waals surface area (Å²) in [7, 11) is 0. The van der Waals surface area contributed by atoms with Crippen LogP contribution >= 0.6 is 0 Å². The van der Waals surface area contributed by atoms with Crippen molar-refractivity contribution >= 4 is 11.5 Å². The zero-order valence-electron chi connectivity index (χ0n) is 14.7. The Morgan fingerprint density at radius 1 is 0.800 bits per heavy atom. The van der Waals surface area contributed by atoms with Crippen LogP contribution in [0.2, 0.25) is 0 Å². The van der Waals surface area contributed by atoms with E-state index in [4.69, 9.17) is 0 Å². The molecule has 0 heterocycles. The number of aryl methyl sites for hydroxylation is 2. The first-order chi connectivity index (χ1) is 12.1. The standard InChI is InChI=1S/C23H23NO/c1-17-8-12-20(13-9-17)23(25)16-22(19-6-4-3-5-7-19)24-21-14-10-18(2)11-15-21/h3-15,22,24H,16H2,1-2H3/t22-/m0/s1. The molecule has 0 aliphatic rings. The van der Waals surface area contributed by atoms with Crippen molar-refractivity contribution in [1.82, 2.24) is 0 Å². The molecule has 0 unspecified atom stereocenters. The van der Waals surface area contributed by atoms with E-state index in [0.29, 0.717) is 6.42 Å². The summed E-state index contributed by atoms with van der Waals surface area (Å²) in [5.74, 6) is 0.147. The number of benzene rings is 3. The molecule has 3 rings (SSSR count). The van der Waals surface area contributed by atoms with Gasteiger partial charge in [0.15, 0.2) is 5.78 Å². The van der Waals surface area contributed by atoms with Crippen molar-refractivity contribution in [3.8, 4) is 0 Å². The molecule has 0 radical (unpaired) electrons. The van der Waals surface area contributed by atoms with Gasteiger partial charge in [0.25, 0.3) is 0 Å². The van der Waals surface area contributed by atoms with Gasteiger partial charge in [0, 0.05) is 17.7 Å². The van der Waals surface area contributed by atoms with Crippen LogP contribution < -0.4 is 5.32 Å². The minimum atomic E-state index is -0.0577. The van der Waals surface area contributed by atoms with E-state index in [1.807, 2.05) is 49.4 Å². The van der Waals surface area contributed by atoms with E-state index < -0.39 is 0 Å². The smallest absolute Gasteiger partial charge is 0.165 e. The predicted octanol–water partition coefficient (Wildman–Crippen LogP) is 5.73. The average molecular weight is 329 g/mol. The van der Waals surface area contributed by atoms with Crippen LogP contribution in [0, 0.1) is 13.8 Å². The molecule has 0 aliphatic heterocycles. The van der Waals surface area contributed by atoms with E-state index in [0.717, 1.165) is 22.4 Å². The van der Waals surface area contributed by atoms with Crippen molar-refractivity contribution in [2.24, 2.45) is 0 Å². The van der Waals surface area contributed by atoms with Gasteiger partial charge in [0.2, 0.25) is 0 Å². The van der Waals surface area contributed by atoms with Crippen molar-refractivity contribution in [2.45, 2.75) is 26.3 Å². The van der Waals surface area contributed by atoms with Crippen LogP contribution in [0.5, 0.6) is 0 Å². The average Bonchev–Trinajstić information content (AvgIpc) is 2.64. The Morgan fingerprint density at radius 2 is 1.36 bits per heavy atom. The third-order valence-corrected chi connectivity index (χ3v) is 4.36. The Bertz CT molecular complexity index is 820. The molecule has 0 saturated carbocycles. The van der Waals surface area contributed by atoms with Gasteiger partial charge in [0.1, 0.15) is 0 Å². The lowest BCUT2D eigenvalue weighted by Gasteiger charge is -2.20. The van der Waals surface area contributed by atoms with Gasteiger partial charge in [-0.2, -0.15) is 0 Å². The fourth-order valence-electron chi connectivity index (χ4n) is 2.83. The molecule has 0 aromatic heterocycles. The maximum Gasteiger partial charge on any atom is 0.165 e. The number of anilines is 1. The summed E-state index contributed by atoms with van der Waals surface area (Å²) < 4.78 is 0. The first kappa shape index (κ1) is 17.0. The molecule has 0 fully saturated rings. The summed E-state index contributed by atoms with van der Waals surface area (Å²) in [4.78, 5) is 12.7. The largest absolute Gasteiger partial charge is 0.378 e. The van der Waals surface area contributed by atoms with Crippen LogP contribution in [-0.4, -0.2) is 5.78 Å². The second kappa shape index (κ2) is 7.80. The first-order valence-electron chi connectivity index (χ1n) is 8.60. The first-order valence-corrected chi connectivity index (χ1v) is 8.60. The van der Waals surface area contributed by atoms with Crippen LogP contribution in [0.3, 0.4) is 0 Å². The molecule has 1 atom stereocenters. The number of hydrogen-bond donors (Lipinski definition) is 1. The van der Waals surface area contributed by atoms with Gasteiger partial charge in [-0.3, -0.25) is 4.79 Å². The van der Waals surface area contributed by atoms with Crippen LogP contribution in [0.15, 0.2) is 78.9 Å². The molecule has 25 heavy (non-hydrogen) atoms. The van der Waals surface area contributed by atoms with Crippen LogP contribution in [-0.2, 0) is 0 Å². The van der Waals surface area contributed by atoms with Gasteiger partial charge < -0.3 is 5.32 Å². The molecule has 2 nitrogen and oxygen atoms in total. The molecule has 2 heteroatoms. The summed E-state index contributed by atoms with van der Waals surface area (Å²) >= 11 is 0. The van der Waals surface area contributed by atoms with E-state index in [2.05, 4.69) is 48.6 Å². The summed E-state index contributed by atoms with van der Waals surface area (Å²) in [6.07, 6.45) is 0.418.